The van der Waals surface area contributed by atoms with Gasteiger partial charge in [-0.1, -0.05) is 6.58 Å². The first-order valence-electron chi connectivity index (χ1n) is 16.5. The minimum Gasteiger partial charge on any atom is -0.748 e. The molecule has 2 aromatic heterocycles. The number of carbonyl (C=O) groups is 2. The van der Waals surface area contributed by atoms with Crippen molar-refractivity contribution >= 4 is 21.9 Å². The van der Waals surface area contributed by atoms with E-state index in [1.807, 2.05) is 37.3 Å². The molecule has 0 unspecified atom stereocenters. The van der Waals surface area contributed by atoms with Gasteiger partial charge in [0.05, 0.1) is 42.6 Å². The molecule has 0 saturated carbocycles. The van der Waals surface area contributed by atoms with Crippen LogP contribution in [0.1, 0.15) is 45.6 Å². The molecule has 0 aliphatic carbocycles. The highest BCUT2D eigenvalue weighted by molar-refractivity contribution is 7.85. The number of nitrogens with one attached hydrogen (secondary N) is 2. The Morgan fingerprint density at radius 1 is 1.04 bits per heavy atom. The fourth-order valence-corrected chi connectivity index (χ4v) is 5.38. The van der Waals surface area contributed by atoms with Crippen LogP contribution in [0.2, 0.25) is 0 Å². The first-order valence-corrected chi connectivity index (χ1v) is 18.1. The Labute approximate surface area is 288 Å². The molecule has 2 N–H and O–H groups in total. The summed E-state index contributed by atoms with van der Waals surface area (Å²) in [6, 6.07) is 9.36. The normalized spacial score (nSPS) is 12.7. The smallest absolute Gasteiger partial charge is 0.253 e. The van der Waals surface area contributed by atoms with E-state index in [0.717, 1.165) is 27.3 Å². The molecule has 3 heterocycles. The fourth-order valence-electron chi connectivity index (χ4n) is 4.89. The number of aryl methyl sites for hydroxylation is 2. The Balaban J connectivity index is 0.000000838. The monoisotopic (exact) mass is 698 g/mol. The molecule has 4 rings (SSSR count). The Bertz CT molecular complexity index is 1640. The van der Waals surface area contributed by atoms with Crippen molar-refractivity contribution in [2.45, 2.75) is 53.5 Å². The van der Waals surface area contributed by atoms with Gasteiger partial charge in [-0.25, -0.2) is 18.0 Å². The maximum absolute atomic E-state index is 11.5. The van der Waals surface area contributed by atoms with E-state index in [-0.39, 0.29) is 24.8 Å². The predicted octanol–water partition coefficient (Wildman–Crippen LogP) is 2.59. The van der Waals surface area contributed by atoms with Crippen LogP contribution in [-0.2, 0) is 31.1 Å². The number of hydrogen-bond donors (Lipinski definition) is 2. The van der Waals surface area contributed by atoms with E-state index >= 15 is 0 Å². The van der Waals surface area contributed by atoms with Crippen LogP contribution in [0.3, 0.4) is 0 Å². The Morgan fingerprint density at radius 3 is 2.31 bits per heavy atom. The molecule has 0 atom stereocenters. The Kier molecular flexibility index (Phi) is 15.6. The molecule has 0 spiro atoms. The van der Waals surface area contributed by atoms with Crippen LogP contribution in [0.5, 0.6) is 5.75 Å². The van der Waals surface area contributed by atoms with E-state index in [9.17, 15) is 22.6 Å². The number of hydroxylamine groups is 1. The summed E-state index contributed by atoms with van der Waals surface area (Å²) in [5, 5.41) is 0. The summed E-state index contributed by atoms with van der Waals surface area (Å²) < 4.78 is 46.0. The highest BCUT2D eigenvalue weighted by atomic mass is 32.2. The van der Waals surface area contributed by atoms with Crippen LogP contribution in [0.4, 0.5) is 0 Å². The molecule has 266 valence electrons. The summed E-state index contributed by atoms with van der Waals surface area (Å²) >= 11 is 0. The second-order valence-electron chi connectivity index (χ2n) is 11.4. The maximum atomic E-state index is 11.5. The van der Waals surface area contributed by atoms with Crippen molar-refractivity contribution < 1.29 is 46.0 Å². The molecule has 14 heteroatoms. The number of quaternary nitrogens is 1. The number of oxazole rings is 1. The largest absolute Gasteiger partial charge is 0.748 e. The number of carbonyl (C=O) groups excluding carboxylic acids is 2. The van der Waals surface area contributed by atoms with Crippen molar-refractivity contribution in [3.05, 3.63) is 79.0 Å². The zero-order valence-electron chi connectivity index (χ0n) is 28.8. The van der Waals surface area contributed by atoms with E-state index in [4.69, 9.17) is 14.0 Å². The van der Waals surface area contributed by atoms with Crippen molar-refractivity contribution in [1.29, 1.82) is 0 Å². The van der Waals surface area contributed by atoms with Gasteiger partial charge in [0.2, 0.25) is 5.89 Å². The second-order valence-corrected chi connectivity index (χ2v) is 12.9. The third-order valence-electron chi connectivity index (χ3n) is 7.83. The molecule has 1 aromatic carbocycles. The number of rotatable bonds is 19. The van der Waals surface area contributed by atoms with Crippen molar-refractivity contribution in [3.8, 4) is 28.5 Å². The molecule has 0 bridgehead atoms. The molecule has 13 nitrogen and oxygen atoms in total. The number of amides is 2. The number of benzene rings is 1. The number of imide groups is 1. The highest BCUT2D eigenvalue weighted by Crippen LogP contribution is 2.29. The van der Waals surface area contributed by atoms with E-state index in [1.54, 1.807) is 28.1 Å². The van der Waals surface area contributed by atoms with Gasteiger partial charge in [-0.2, -0.15) is 5.48 Å². The van der Waals surface area contributed by atoms with Crippen LogP contribution >= 0.6 is 0 Å². The van der Waals surface area contributed by atoms with Gasteiger partial charge in [0, 0.05) is 67.1 Å². The van der Waals surface area contributed by atoms with Crippen LogP contribution in [-0.4, -0.2) is 79.8 Å². The molecular formula is C35H48N5O8S+. The maximum Gasteiger partial charge on any atom is 0.253 e. The second kappa shape index (κ2) is 19.6. The van der Waals surface area contributed by atoms with E-state index < -0.39 is 15.9 Å². The van der Waals surface area contributed by atoms with Gasteiger partial charge >= 0.3 is 0 Å². The molecule has 1 aliphatic rings. The molecular weight excluding hydrogens is 650 g/mol. The standard InChI is InChI=1S/C29H32N4O8S.C6H15N/c1-21-19-24(26-20-30-29(40-26)23-10-14-32(15-11-23)13-4-18-42(36,37)38)6-7-25(21)39-17-3-5-22(2)41-31-12-16-33-27(34)8-9-28(33)35;1-4-7(5-2)6-3/h6-11,14-15,19-20,31H,2-5,12-13,16-18H2,1H3;4-6H2,1-3H3/p+1. The number of hydrogen-bond acceptors (Lipinski definition) is 10. The lowest BCUT2D eigenvalue weighted by Gasteiger charge is -2.15. The molecule has 0 saturated heterocycles. The quantitative estimate of drug-likeness (QED) is 0.0476. The first-order chi connectivity index (χ1) is 23.4. The van der Waals surface area contributed by atoms with Gasteiger partial charge in [-0.05, 0) is 57.9 Å². The number of allylic oxidation sites excluding steroid dienone is 1. The molecule has 0 fully saturated rings. The van der Waals surface area contributed by atoms with Crippen molar-refractivity contribution in [2.24, 2.45) is 0 Å². The number of ether oxygens (including phenoxy) is 1. The van der Waals surface area contributed by atoms with Gasteiger partial charge in [-0.3, -0.25) is 14.5 Å². The summed E-state index contributed by atoms with van der Waals surface area (Å²) in [5.41, 5.74) is 5.26. The fraction of sp³-hybridized carbons (Fsp3) is 0.429. The SMILES string of the molecule is C=C(CCCOc1ccc(-c2cnc(-c3cc[n+](CCCS(=O)(=O)[O-])cc3)o2)cc1C)ONCCN1C(=O)C=CC1=O.CC[NH+](CC)CC. The lowest BCUT2D eigenvalue weighted by atomic mass is 10.1. The Morgan fingerprint density at radius 2 is 1.71 bits per heavy atom. The van der Waals surface area contributed by atoms with Gasteiger partial charge in [0.1, 0.15) is 18.1 Å². The molecule has 49 heavy (non-hydrogen) atoms. The van der Waals surface area contributed by atoms with E-state index in [0.29, 0.717) is 49.9 Å². The van der Waals surface area contributed by atoms with Crippen LogP contribution < -0.4 is 19.7 Å². The minimum atomic E-state index is -4.22. The summed E-state index contributed by atoms with van der Waals surface area (Å²) in [5.74, 6) is 1.26. The summed E-state index contributed by atoms with van der Waals surface area (Å²) in [6.45, 7) is 17.7. The van der Waals surface area contributed by atoms with Crippen molar-refractivity contribution in [3.63, 3.8) is 0 Å². The van der Waals surface area contributed by atoms with Crippen LogP contribution in [0, 0.1) is 6.92 Å². The molecule has 0 radical (unpaired) electrons. The average molecular weight is 699 g/mol. The lowest BCUT2D eigenvalue weighted by molar-refractivity contribution is -0.894. The first kappa shape index (κ1) is 39.1. The molecule has 2 amide bonds. The average Bonchev–Trinajstić information content (AvgIpc) is 3.69. The zero-order valence-corrected chi connectivity index (χ0v) is 29.6. The van der Waals surface area contributed by atoms with Crippen molar-refractivity contribution in [2.75, 3.05) is 45.1 Å². The topological polar surface area (TPSA) is 159 Å². The third-order valence-corrected chi connectivity index (χ3v) is 8.61. The summed E-state index contributed by atoms with van der Waals surface area (Å²) in [4.78, 5) is 35.6. The number of aromatic nitrogens is 2. The summed E-state index contributed by atoms with van der Waals surface area (Å²) in [6.07, 6.45) is 9.19. The van der Waals surface area contributed by atoms with Crippen molar-refractivity contribution in [1.82, 2.24) is 15.4 Å². The van der Waals surface area contributed by atoms with Gasteiger partial charge in [-0.15, -0.1) is 0 Å². The predicted molar refractivity (Wildman–Crippen MR) is 183 cm³/mol. The van der Waals surface area contributed by atoms with E-state index in [2.05, 4.69) is 37.8 Å². The zero-order chi connectivity index (χ0) is 35.8. The third kappa shape index (κ3) is 13.2. The lowest BCUT2D eigenvalue weighted by Crippen LogP contribution is -3.11. The molecule has 3 aromatic rings. The summed E-state index contributed by atoms with van der Waals surface area (Å²) in [7, 11) is -4.22. The highest BCUT2D eigenvalue weighted by Gasteiger charge is 2.22. The minimum absolute atomic E-state index is 0.209. The van der Waals surface area contributed by atoms with Gasteiger partial charge in [0.15, 0.2) is 18.2 Å². The number of pyridine rings is 1. The van der Waals surface area contributed by atoms with Crippen LogP contribution in [0.15, 0.2) is 77.8 Å². The number of nitrogens with zero attached hydrogens (tertiary/aromatic N) is 3. The van der Waals surface area contributed by atoms with Gasteiger partial charge < -0.3 is 23.4 Å². The van der Waals surface area contributed by atoms with Crippen LogP contribution in [0.25, 0.3) is 22.8 Å². The Hall–Kier alpha value is -4.37. The van der Waals surface area contributed by atoms with E-state index in [1.165, 1.54) is 31.8 Å². The molecule has 1 aliphatic heterocycles. The van der Waals surface area contributed by atoms with Gasteiger partial charge in [0.25, 0.3) is 11.8 Å².